The van der Waals surface area contributed by atoms with Crippen molar-refractivity contribution in [2.45, 2.75) is 0 Å². The summed E-state index contributed by atoms with van der Waals surface area (Å²) in [6.07, 6.45) is 0. The highest BCUT2D eigenvalue weighted by Gasteiger charge is 2.25. The van der Waals surface area contributed by atoms with E-state index in [4.69, 9.17) is 19.4 Å². The van der Waals surface area contributed by atoms with Crippen molar-refractivity contribution >= 4 is 65.6 Å². The van der Waals surface area contributed by atoms with Crippen LogP contribution in [0.1, 0.15) is 0 Å². The maximum absolute atomic E-state index is 6.60. The molecular formula is C57H35N5O. The van der Waals surface area contributed by atoms with Gasteiger partial charge in [-0.1, -0.05) is 176 Å². The molecule has 0 radical (unpaired) electrons. The Morgan fingerprint density at radius 2 is 0.841 bits per heavy atom. The fraction of sp³-hybridized carbons (Fsp3) is 0. The Morgan fingerprint density at radius 1 is 0.333 bits per heavy atom. The molecule has 0 spiro atoms. The number of hydrogen-bond donors (Lipinski definition) is 0. The Balaban J connectivity index is 1.15. The molecular weight excluding hydrogens is 771 g/mol. The standard InChI is InChI=1S/C57H35N5O/c1-4-17-36(18-5-1)39-23-14-24-40(35-39)61-47-29-12-10-25-42(47)44-33-34-45-43-26-11-13-30-48(43)62(54(45)53(44)61)57-59-55(38-21-8-3-9-22-38)58-56(60-57)46-28-16-32-50-52(46)51-41(27-15-31-49(51)63-50)37-19-6-2-7-20-37/h1-35H. The Kier molecular flexibility index (Phi) is 7.80. The van der Waals surface area contributed by atoms with Crippen molar-refractivity contribution in [3.63, 3.8) is 0 Å². The number of nitrogens with zero attached hydrogens (tertiary/aromatic N) is 5. The zero-order chi connectivity index (χ0) is 41.4. The molecule has 0 N–H and O–H groups in total. The van der Waals surface area contributed by atoms with Gasteiger partial charge in [0.15, 0.2) is 11.6 Å². The van der Waals surface area contributed by atoms with Crippen LogP contribution in [0.25, 0.3) is 122 Å². The van der Waals surface area contributed by atoms with Gasteiger partial charge in [0.05, 0.1) is 22.1 Å². The van der Waals surface area contributed by atoms with Crippen LogP contribution in [0.15, 0.2) is 217 Å². The number of aromatic nitrogens is 5. The van der Waals surface area contributed by atoms with Gasteiger partial charge >= 0.3 is 0 Å². The van der Waals surface area contributed by atoms with Gasteiger partial charge in [0.1, 0.15) is 11.2 Å². The third kappa shape index (κ3) is 5.48. The number of furan rings is 1. The lowest BCUT2D eigenvalue weighted by Crippen LogP contribution is -2.07. The fourth-order valence-corrected chi connectivity index (χ4v) is 9.64. The summed E-state index contributed by atoms with van der Waals surface area (Å²) in [6, 6.07) is 74.3. The first kappa shape index (κ1) is 35.2. The van der Waals surface area contributed by atoms with Crippen LogP contribution in [0.3, 0.4) is 0 Å². The normalized spacial score (nSPS) is 11.8. The second kappa shape index (κ2) is 14.0. The highest BCUT2D eigenvalue weighted by Crippen LogP contribution is 2.44. The van der Waals surface area contributed by atoms with Crippen LogP contribution in [0, 0.1) is 0 Å². The Labute approximate surface area is 361 Å². The number of para-hydroxylation sites is 2. The quantitative estimate of drug-likeness (QED) is 0.168. The summed E-state index contributed by atoms with van der Waals surface area (Å²) < 4.78 is 11.3. The third-order valence-electron chi connectivity index (χ3n) is 12.4. The lowest BCUT2D eigenvalue weighted by Gasteiger charge is -2.14. The average Bonchev–Trinajstić information content (AvgIpc) is 4.03. The van der Waals surface area contributed by atoms with Gasteiger partial charge in [-0.05, 0) is 58.7 Å². The summed E-state index contributed by atoms with van der Waals surface area (Å²) in [5.41, 5.74) is 13.2. The van der Waals surface area contributed by atoms with Crippen molar-refractivity contribution in [3.8, 4) is 56.7 Å². The molecule has 63 heavy (non-hydrogen) atoms. The van der Waals surface area contributed by atoms with E-state index >= 15 is 0 Å². The van der Waals surface area contributed by atoms with Crippen molar-refractivity contribution in [1.82, 2.24) is 24.1 Å². The van der Waals surface area contributed by atoms with E-state index in [0.717, 1.165) is 93.7 Å². The van der Waals surface area contributed by atoms with Gasteiger partial charge in [0.2, 0.25) is 5.95 Å². The van der Waals surface area contributed by atoms with Gasteiger partial charge in [0, 0.05) is 49.1 Å². The maximum atomic E-state index is 6.60. The van der Waals surface area contributed by atoms with Crippen LogP contribution in [0.4, 0.5) is 0 Å². The molecule has 0 aliphatic carbocycles. The zero-order valence-electron chi connectivity index (χ0n) is 33.9. The summed E-state index contributed by atoms with van der Waals surface area (Å²) in [6.45, 7) is 0. The van der Waals surface area contributed by atoms with Gasteiger partial charge in [-0.25, -0.2) is 4.98 Å². The van der Waals surface area contributed by atoms with Crippen molar-refractivity contribution in [1.29, 1.82) is 0 Å². The molecule has 4 aromatic heterocycles. The smallest absolute Gasteiger partial charge is 0.238 e. The molecule has 4 heterocycles. The van der Waals surface area contributed by atoms with Crippen molar-refractivity contribution < 1.29 is 4.42 Å². The summed E-state index contributed by atoms with van der Waals surface area (Å²) >= 11 is 0. The molecule has 294 valence electrons. The molecule has 9 aromatic carbocycles. The Morgan fingerprint density at radius 3 is 1.52 bits per heavy atom. The molecule has 0 bridgehead atoms. The van der Waals surface area contributed by atoms with Crippen molar-refractivity contribution in [2.75, 3.05) is 0 Å². The number of benzene rings is 9. The molecule has 6 nitrogen and oxygen atoms in total. The van der Waals surface area contributed by atoms with E-state index in [0.29, 0.717) is 17.6 Å². The van der Waals surface area contributed by atoms with Crippen LogP contribution >= 0.6 is 0 Å². The van der Waals surface area contributed by atoms with Crippen molar-refractivity contribution in [2.24, 2.45) is 0 Å². The van der Waals surface area contributed by atoms with E-state index in [-0.39, 0.29) is 0 Å². The van der Waals surface area contributed by atoms with Crippen LogP contribution in [0.5, 0.6) is 0 Å². The largest absolute Gasteiger partial charge is 0.456 e. The fourth-order valence-electron chi connectivity index (χ4n) is 9.64. The monoisotopic (exact) mass is 805 g/mol. The molecule has 0 aliphatic rings. The predicted molar refractivity (Wildman–Crippen MR) is 258 cm³/mol. The molecule has 13 rings (SSSR count). The molecule has 0 saturated carbocycles. The van der Waals surface area contributed by atoms with Gasteiger partial charge in [-0.15, -0.1) is 0 Å². The van der Waals surface area contributed by atoms with Crippen LogP contribution in [-0.4, -0.2) is 24.1 Å². The van der Waals surface area contributed by atoms with Crippen molar-refractivity contribution in [3.05, 3.63) is 212 Å². The van der Waals surface area contributed by atoms with E-state index in [1.165, 1.54) is 10.9 Å². The summed E-state index contributed by atoms with van der Waals surface area (Å²) in [4.78, 5) is 16.2. The predicted octanol–water partition coefficient (Wildman–Crippen LogP) is 14.6. The number of hydrogen-bond acceptors (Lipinski definition) is 4. The van der Waals surface area contributed by atoms with Gasteiger partial charge < -0.3 is 8.98 Å². The van der Waals surface area contributed by atoms with E-state index in [9.17, 15) is 0 Å². The topological polar surface area (TPSA) is 61.7 Å². The maximum Gasteiger partial charge on any atom is 0.238 e. The third-order valence-corrected chi connectivity index (χ3v) is 12.4. The van der Waals surface area contributed by atoms with E-state index in [1.807, 2.05) is 42.5 Å². The molecule has 13 aromatic rings. The zero-order valence-corrected chi connectivity index (χ0v) is 33.9. The molecule has 0 fully saturated rings. The first-order chi connectivity index (χ1) is 31.3. The van der Waals surface area contributed by atoms with E-state index in [2.05, 4.69) is 179 Å². The van der Waals surface area contributed by atoms with Crippen LogP contribution in [-0.2, 0) is 0 Å². The number of fused-ring (bicyclic) bond motifs is 10. The van der Waals surface area contributed by atoms with Gasteiger partial charge in [0.25, 0.3) is 0 Å². The molecule has 0 saturated heterocycles. The second-order valence-electron chi connectivity index (χ2n) is 16.0. The summed E-state index contributed by atoms with van der Waals surface area (Å²) in [5, 5.41) is 6.53. The van der Waals surface area contributed by atoms with Gasteiger partial charge in [-0.2, -0.15) is 9.97 Å². The van der Waals surface area contributed by atoms with Gasteiger partial charge in [-0.3, -0.25) is 4.57 Å². The average molecular weight is 806 g/mol. The second-order valence-corrected chi connectivity index (χ2v) is 16.0. The molecule has 0 unspecified atom stereocenters. The highest BCUT2D eigenvalue weighted by atomic mass is 16.3. The van der Waals surface area contributed by atoms with E-state index < -0.39 is 0 Å². The Hall–Kier alpha value is -8.61. The lowest BCUT2D eigenvalue weighted by molar-refractivity contribution is 0.669. The molecule has 0 amide bonds. The summed E-state index contributed by atoms with van der Waals surface area (Å²) in [7, 11) is 0. The SMILES string of the molecule is c1ccc(-c2cccc(-n3c4ccccc4c4ccc5c6ccccc6n(-c6nc(-c7ccccc7)nc(-c7cccc8oc9cccc(-c%10ccccc%10)c9c78)n6)c5c43)c2)cc1. The Bertz CT molecular complexity index is 3900. The van der Waals surface area contributed by atoms with Crippen LogP contribution < -0.4 is 0 Å². The molecule has 6 heteroatoms. The highest BCUT2D eigenvalue weighted by molar-refractivity contribution is 6.24. The van der Waals surface area contributed by atoms with E-state index in [1.54, 1.807) is 0 Å². The molecule has 0 aliphatic heterocycles. The minimum absolute atomic E-state index is 0.528. The number of rotatable bonds is 6. The lowest BCUT2D eigenvalue weighted by atomic mass is 9.97. The molecule has 0 atom stereocenters. The first-order valence-corrected chi connectivity index (χ1v) is 21.2. The minimum Gasteiger partial charge on any atom is -0.456 e. The summed E-state index contributed by atoms with van der Waals surface area (Å²) in [5.74, 6) is 1.67. The minimum atomic E-state index is 0.528. The van der Waals surface area contributed by atoms with Crippen LogP contribution in [0.2, 0.25) is 0 Å². The first-order valence-electron chi connectivity index (χ1n) is 21.2.